The first-order chi connectivity index (χ1) is 11.8. The molecule has 1 saturated heterocycles. The molecule has 1 fully saturated rings. The van der Waals surface area contributed by atoms with Gasteiger partial charge in [-0.1, -0.05) is 17.3 Å². The molecular weight excluding hydrogens is 342 g/mol. The van der Waals surface area contributed by atoms with E-state index in [1.807, 2.05) is 6.07 Å². The predicted octanol–water partition coefficient (Wildman–Crippen LogP) is 1.64. The van der Waals surface area contributed by atoms with Crippen molar-refractivity contribution in [1.82, 2.24) is 9.46 Å². The highest BCUT2D eigenvalue weighted by Gasteiger charge is 2.36. The van der Waals surface area contributed by atoms with Crippen LogP contribution in [-0.4, -0.2) is 36.9 Å². The molecule has 0 spiro atoms. The topological polar surface area (TPSA) is 106 Å². The minimum Gasteiger partial charge on any atom is -0.366 e. The SMILES string of the molecule is Cc1noc(C)c1S(=O)(=O)N1CCC(Cc2cccc(C(N)=O)c2)C1. The lowest BCUT2D eigenvalue weighted by Gasteiger charge is -2.16. The third-order valence-corrected chi connectivity index (χ3v) is 6.66. The van der Waals surface area contributed by atoms with Crippen LogP contribution in [-0.2, 0) is 16.4 Å². The molecule has 1 aromatic heterocycles. The number of benzene rings is 1. The lowest BCUT2D eigenvalue weighted by Crippen LogP contribution is -2.29. The Morgan fingerprint density at radius 1 is 1.40 bits per heavy atom. The van der Waals surface area contributed by atoms with Crippen molar-refractivity contribution in [1.29, 1.82) is 0 Å². The Kier molecular flexibility index (Phi) is 4.66. The van der Waals surface area contributed by atoms with Gasteiger partial charge < -0.3 is 10.3 Å². The van der Waals surface area contributed by atoms with E-state index in [9.17, 15) is 13.2 Å². The third-order valence-electron chi connectivity index (χ3n) is 4.55. The Balaban J connectivity index is 1.74. The van der Waals surface area contributed by atoms with Crippen molar-refractivity contribution in [3.05, 3.63) is 46.8 Å². The second kappa shape index (κ2) is 6.61. The molecule has 8 heteroatoms. The highest BCUT2D eigenvalue weighted by molar-refractivity contribution is 7.89. The van der Waals surface area contributed by atoms with Gasteiger partial charge in [-0.25, -0.2) is 8.42 Å². The summed E-state index contributed by atoms with van der Waals surface area (Å²) in [6.07, 6.45) is 1.47. The van der Waals surface area contributed by atoms with Gasteiger partial charge in [0.1, 0.15) is 10.6 Å². The van der Waals surface area contributed by atoms with Gasteiger partial charge in [0.25, 0.3) is 0 Å². The second-order valence-electron chi connectivity index (χ2n) is 6.44. The quantitative estimate of drug-likeness (QED) is 0.869. The van der Waals surface area contributed by atoms with E-state index in [0.29, 0.717) is 36.5 Å². The summed E-state index contributed by atoms with van der Waals surface area (Å²) in [6, 6.07) is 7.17. The van der Waals surface area contributed by atoms with Crippen LogP contribution in [0.25, 0.3) is 0 Å². The van der Waals surface area contributed by atoms with Gasteiger partial charge in [0.05, 0.1) is 0 Å². The fourth-order valence-electron chi connectivity index (χ4n) is 3.34. The number of nitrogens with zero attached hydrogens (tertiary/aromatic N) is 2. The van der Waals surface area contributed by atoms with Gasteiger partial charge in [-0.2, -0.15) is 4.31 Å². The number of aromatic nitrogens is 1. The molecule has 1 aliphatic rings. The average molecular weight is 363 g/mol. The van der Waals surface area contributed by atoms with Crippen LogP contribution in [0.15, 0.2) is 33.7 Å². The zero-order valence-corrected chi connectivity index (χ0v) is 15.0. The third kappa shape index (κ3) is 3.45. The van der Waals surface area contributed by atoms with E-state index in [0.717, 1.165) is 12.0 Å². The van der Waals surface area contributed by atoms with Crippen LogP contribution in [0.4, 0.5) is 0 Å². The first-order valence-corrected chi connectivity index (χ1v) is 9.55. The number of rotatable bonds is 5. The Morgan fingerprint density at radius 3 is 2.80 bits per heavy atom. The zero-order valence-electron chi connectivity index (χ0n) is 14.2. The molecule has 1 amide bonds. The molecule has 0 bridgehead atoms. The molecule has 25 heavy (non-hydrogen) atoms. The molecular formula is C17H21N3O4S. The molecule has 2 heterocycles. The van der Waals surface area contributed by atoms with Crippen LogP contribution in [0.5, 0.6) is 0 Å². The molecule has 3 rings (SSSR count). The van der Waals surface area contributed by atoms with Crippen molar-refractivity contribution in [2.45, 2.75) is 31.6 Å². The van der Waals surface area contributed by atoms with Crippen molar-refractivity contribution in [2.75, 3.05) is 13.1 Å². The smallest absolute Gasteiger partial charge is 0.248 e. The average Bonchev–Trinajstić information content (AvgIpc) is 3.15. The summed E-state index contributed by atoms with van der Waals surface area (Å²) >= 11 is 0. The van der Waals surface area contributed by atoms with Crippen molar-refractivity contribution < 1.29 is 17.7 Å². The maximum atomic E-state index is 12.8. The van der Waals surface area contributed by atoms with Crippen LogP contribution < -0.4 is 5.73 Å². The monoisotopic (exact) mass is 363 g/mol. The zero-order chi connectivity index (χ0) is 18.2. The fraction of sp³-hybridized carbons (Fsp3) is 0.412. The number of carbonyl (C=O) groups is 1. The van der Waals surface area contributed by atoms with Crippen LogP contribution in [0, 0.1) is 19.8 Å². The largest absolute Gasteiger partial charge is 0.366 e. The van der Waals surface area contributed by atoms with E-state index in [-0.39, 0.29) is 10.8 Å². The van der Waals surface area contributed by atoms with Gasteiger partial charge in [-0.15, -0.1) is 0 Å². The summed E-state index contributed by atoms with van der Waals surface area (Å²) in [5.41, 5.74) is 7.15. The van der Waals surface area contributed by atoms with Gasteiger partial charge in [0.2, 0.25) is 15.9 Å². The van der Waals surface area contributed by atoms with Crippen molar-refractivity contribution in [2.24, 2.45) is 11.7 Å². The highest BCUT2D eigenvalue weighted by atomic mass is 32.2. The number of amides is 1. The number of hydrogen-bond acceptors (Lipinski definition) is 5. The molecule has 0 aliphatic carbocycles. The second-order valence-corrected chi connectivity index (χ2v) is 8.31. The maximum Gasteiger partial charge on any atom is 0.248 e. The van der Waals surface area contributed by atoms with E-state index in [4.69, 9.17) is 10.3 Å². The lowest BCUT2D eigenvalue weighted by molar-refractivity contribution is 0.1000. The van der Waals surface area contributed by atoms with Gasteiger partial charge in [0, 0.05) is 18.7 Å². The number of carbonyl (C=O) groups excluding carboxylic acids is 1. The number of aryl methyl sites for hydroxylation is 2. The minimum atomic E-state index is -3.60. The number of sulfonamides is 1. The molecule has 7 nitrogen and oxygen atoms in total. The van der Waals surface area contributed by atoms with E-state index < -0.39 is 15.9 Å². The van der Waals surface area contributed by atoms with Gasteiger partial charge in [0.15, 0.2) is 5.76 Å². The van der Waals surface area contributed by atoms with Gasteiger partial charge >= 0.3 is 0 Å². The molecule has 1 atom stereocenters. The van der Waals surface area contributed by atoms with Crippen molar-refractivity contribution in [3.63, 3.8) is 0 Å². The Hall–Kier alpha value is -2.19. The fourth-order valence-corrected chi connectivity index (χ4v) is 5.16. The molecule has 1 aromatic carbocycles. The molecule has 1 unspecified atom stereocenters. The lowest BCUT2D eigenvalue weighted by atomic mass is 9.97. The Morgan fingerprint density at radius 2 is 2.16 bits per heavy atom. The summed E-state index contributed by atoms with van der Waals surface area (Å²) in [4.78, 5) is 11.5. The number of hydrogen-bond donors (Lipinski definition) is 1. The van der Waals surface area contributed by atoms with E-state index >= 15 is 0 Å². The van der Waals surface area contributed by atoms with Crippen LogP contribution in [0.3, 0.4) is 0 Å². The van der Waals surface area contributed by atoms with Crippen LogP contribution in [0.2, 0.25) is 0 Å². The summed E-state index contributed by atoms with van der Waals surface area (Å²) < 4.78 is 32.2. The standard InChI is InChI=1S/C17H21N3O4S/c1-11-16(12(2)24-19-11)25(22,23)20-7-6-14(10-20)8-13-4-3-5-15(9-13)17(18)21/h3-5,9,14H,6-8,10H2,1-2H3,(H2,18,21). The molecule has 0 saturated carbocycles. The summed E-state index contributed by atoms with van der Waals surface area (Å²) in [7, 11) is -3.60. The number of primary amides is 1. The number of nitrogens with two attached hydrogens (primary N) is 1. The summed E-state index contributed by atoms with van der Waals surface area (Å²) in [5, 5.41) is 3.74. The summed E-state index contributed by atoms with van der Waals surface area (Å²) in [6.45, 7) is 4.14. The maximum absolute atomic E-state index is 12.8. The predicted molar refractivity (Wildman–Crippen MR) is 91.5 cm³/mol. The molecule has 2 aromatic rings. The minimum absolute atomic E-state index is 0.170. The van der Waals surface area contributed by atoms with E-state index in [2.05, 4.69) is 5.16 Å². The highest BCUT2D eigenvalue weighted by Crippen LogP contribution is 2.29. The first-order valence-electron chi connectivity index (χ1n) is 8.11. The molecule has 134 valence electrons. The molecule has 2 N–H and O–H groups in total. The Labute approximate surface area is 146 Å². The molecule has 0 radical (unpaired) electrons. The van der Waals surface area contributed by atoms with Crippen LogP contribution in [0.1, 0.15) is 33.8 Å². The normalized spacial score (nSPS) is 18.6. The van der Waals surface area contributed by atoms with Crippen molar-refractivity contribution >= 4 is 15.9 Å². The van der Waals surface area contributed by atoms with Crippen LogP contribution >= 0.6 is 0 Å². The van der Waals surface area contributed by atoms with Gasteiger partial charge in [-0.05, 0) is 50.3 Å². The summed E-state index contributed by atoms with van der Waals surface area (Å²) in [5.74, 6) is 0.0457. The first kappa shape index (κ1) is 17.6. The Bertz CT molecular complexity index is 885. The van der Waals surface area contributed by atoms with Crippen molar-refractivity contribution in [3.8, 4) is 0 Å². The van der Waals surface area contributed by atoms with E-state index in [1.165, 1.54) is 4.31 Å². The molecule has 1 aliphatic heterocycles. The van der Waals surface area contributed by atoms with E-state index in [1.54, 1.807) is 32.0 Å². The van der Waals surface area contributed by atoms with Gasteiger partial charge in [-0.3, -0.25) is 4.79 Å².